The van der Waals surface area contributed by atoms with E-state index < -0.39 is 6.04 Å². The number of hydrogen-bond donors (Lipinski definition) is 4. The molecule has 2 atom stereocenters. The van der Waals surface area contributed by atoms with Gasteiger partial charge in [-0.25, -0.2) is 0 Å². The second-order valence-electron chi connectivity index (χ2n) is 7.74. The number of benzene rings is 2. The first-order valence-electron chi connectivity index (χ1n) is 11.1. The lowest BCUT2D eigenvalue weighted by Gasteiger charge is -2.21. The molecule has 0 saturated heterocycles. The number of nitrogens with two attached hydrogens (primary N) is 1. The summed E-state index contributed by atoms with van der Waals surface area (Å²) in [5, 5.41) is 9.09. The quantitative estimate of drug-likeness (QED) is 0.351. The smallest absolute Gasteiger partial charge is 0.242 e. The Morgan fingerprint density at radius 2 is 1.71 bits per heavy atom. The van der Waals surface area contributed by atoms with E-state index in [2.05, 4.69) is 34.1 Å². The van der Waals surface area contributed by atoms with Gasteiger partial charge in [0.1, 0.15) is 6.04 Å². The van der Waals surface area contributed by atoms with E-state index in [1.807, 2.05) is 42.5 Å². The minimum atomic E-state index is -0.610. The fourth-order valence-electron chi connectivity index (χ4n) is 3.27. The summed E-state index contributed by atoms with van der Waals surface area (Å²) >= 11 is 0. The Labute approximate surface area is 186 Å². The molecule has 2 amide bonds. The highest BCUT2D eigenvalue weighted by molar-refractivity contribution is 5.89. The third-order valence-electron chi connectivity index (χ3n) is 5.16. The summed E-state index contributed by atoms with van der Waals surface area (Å²) in [5.74, 6) is -0.349. The highest BCUT2D eigenvalue weighted by Gasteiger charge is 2.22. The second kappa shape index (κ2) is 14.3. The van der Waals surface area contributed by atoms with E-state index in [9.17, 15) is 9.59 Å². The number of aryl methyl sites for hydroxylation is 1. The number of carbonyl (C=O) groups is 2. The molecule has 2 rings (SSSR count). The van der Waals surface area contributed by atoms with E-state index >= 15 is 0 Å². The van der Waals surface area contributed by atoms with Crippen molar-refractivity contribution in [2.75, 3.05) is 13.1 Å². The Morgan fingerprint density at radius 1 is 0.968 bits per heavy atom. The summed E-state index contributed by atoms with van der Waals surface area (Å²) in [7, 11) is 0. The topological polar surface area (TPSA) is 96.2 Å². The van der Waals surface area contributed by atoms with Crippen LogP contribution in [-0.4, -0.2) is 37.0 Å². The average Bonchev–Trinajstić information content (AvgIpc) is 2.80. The molecule has 6 heteroatoms. The first kappa shape index (κ1) is 24.6. The van der Waals surface area contributed by atoms with E-state index in [4.69, 9.17) is 5.73 Å². The number of amides is 2. The summed E-state index contributed by atoms with van der Waals surface area (Å²) in [5.41, 5.74) is 7.73. The molecule has 0 aliphatic heterocycles. The number of hydrogen-bond acceptors (Lipinski definition) is 4. The first-order valence-corrected chi connectivity index (χ1v) is 11.1. The van der Waals surface area contributed by atoms with Crippen molar-refractivity contribution >= 4 is 11.8 Å². The van der Waals surface area contributed by atoms with Crippen molar-refractivity contribution in [3.63, 3.8) is 0 Å². The molecule has 0 spiro atoms. The van der Waals surface area contributed by atoms with E-state index in [0.717, 1.165) is 37.8 Å². The molecule has 0 bridgehead atoms. The van der Waals surface area contributed by atoms with Crippen molar-refractivity contribution in [3.8, 4) is 0 Å². The van der Waals surface area contributed by atoms with Gasteiger partial charge in [-0.3, -0.25) is 9.59 Å². The second-order valence-corrected chi connectivity index (χ2v) is 7.74. The van der Waals surface area contributed by atoms with Gasteiger partial charge in [-0.1, -0.05) is 61.0 Å². The molecular formula is C25H35N4O2. The Morgan fingerprint density at radius 3 is 2.42 bits per heavy atom. The van der Waals surface area contributed by atoms with Gasteiger partial charge in [0.05, 0.1) is 6.04 Å². The number of carbonyl (C=O) groups excluding carboxylic acids is 2. The SMILES string of the molecule is C[C@H](NC(=O)[C@@H](CCc1ccccc1)NCCCCCN)C(=O)NCc1cc[c]cc1. The van der Waals surface area contributed by atoms with Gasteiger partial charge in [0.15, 0.2) is 0 Å². The number of nitrogens with one attached hydrogen (secondary N) is 3. The summed E-state index contributed by atoms with van der Waals surface area (Å²) in [4.78, 5) is 25.3. The van der Waals surface area contributed by atoms with Gasteiger partial charge in [-0.05, 0) is 62.9 Å². The van der Waals surface area contributed by atoms with Crippen molar-refractivity contribution in [3.05, 3.63) is 71.8 Å². The monoisotopic (exact) mass is 423 g/mol. The molecule has 0 fully saturated rings. The zero-order valence-corrected chi connectivity index (χ0v) is 18.4. The van der Waals surface area contributed by atoms with Gasteiger partial charge in [0.2, 0.25) is 11.8 Å². The molecule has 167 valence electrons. The molecule has 0 aliphatic rings. The van der Waals surface area contributed by atoms with Crippen LogP contribution in [0.2, 0.25) is 0 Å². The van der Waals surface area contributed by atoms with Crippen molar-refractivity contribution in [1.29, 1.82) is 0 Å². The van der Waals surface area contributed by atoms with Crippen LogP contribution in [0.5, 0.6) is 0 Å². The summed E-state index contributed by atoms with van der Waals surface area (Å²) in [6.07, 6.45) is 4.45. The van der Waals surface area contributed by atoms with Crippen LogP contribution in [0.15, 0.2) is 54.6 Å². The molecule has 0 aromatic heterocycles. The summed E-state index contributed by atoms with van der Waals surface area (Å²) in [6, 6.07) is 19.5. The van der Waals surface area contributed by atoms with Crippen LogP contribution in [0, 0.1) is 6.07 Å². The van der Waals surface area contributed by atoms with E-state index in [1.165, 1.54) is 5.56 Å². The van der Waals surface area contributed by atoms with Crippen LogP contribution in [0.4, 0.5) is 0 Å². The van der Waals surface area contributed by atoms with Crippen molar-refractivity contribution in [2.24, 2.45) is 5.73 Å². The Bertz CT molecular complexity index is 768. The Balaban J connectivity index is 1.85. The van der Waals surface area contributed by atoms with Crippen LogP contribution in [0.1, 0.15) is 43.7 Å². The van der Waals surface area contributed by atoms with Gasteiger partial charge < -0.3 is 21.7 Å². The van der Waals surface area contributed by atoms with E-state index in [0.29, 0.717) is 19.5 Å². The summed E-state index contributed by atoms with van der Waals surface area (Å²) < 4.78 is 0. The third kappa shape index (κ3) is 9.77. The van der Waals surface area contributed by atoms with Gasteiger partial charge >= 0.3 is 0 Å². The molecule has 0 aliphatic carbocycles. The van der Waals surface area contributed by atoms with Gasteiger partial charge in [0.25, 0.3) is 0 Å². The van der Waals surface area contributed by atoms with Crippen molar-refractivity contribution in [1.82, 2.24) is 16.0 Å². The molecule has 0 heterocycles. The van der Waals surface area contributed by atoms with Gasteiger partial charge in [-0.15, -0.1) is 0 Å². The lowest BCUT2D eigenvalue weighted by molar-refractivity contribution is -0.129. The third-order valence-corrected chi connectivity index (χ3v) is 5.16. The molecule has 1 radical (unpaired) electrons. The maximum Gasteiger partial charge on any atom is 0.242 e. The maximum absolute atomic E-state index is 12.9. The van der Waals surface area contributed by atoms with Gasteiger partial charge in [0, 0.05) is 6.54 Å². The Hall–Kier alpha value is -2.70. The van der Waals surface area contributed by atoms with E-state index in [-0.39, 0.29) is 17.9 Å². The zero-order chi connectivity index (χ0) is 22.3. The van der Waals surface area contributed by atoms with Gasteiger partial charge in [-0.2, -0.15) is 0 Å². The highest BCUT2D eigenvalue weighted by Crippen LogP contribution is 2.06. The van der Waals surface area contributed by atoms with Crippen LogP contribution in [0.3, 0.4) is 0 Å². The average molecular weight is 424 g/mol. The molecule has 2 aromatic rings. The van der Waals surface area contributed by atoms with E-state index in [1.54, 1.807) is 6.92 Å². The highest BCUT2D eigenvalue weighted by atomic mass is 16.2. The van der Waals surface area contributed by atoms with Crippen LogP contribution in [-0.2, 0) is 22.6 Å². The lowest BCUT2D eigenvalue weighted by atomic mass is 10.0. The maximum atomic E-state index is 12.9. The predicted molar refractivity (Wildman–Crippen MR) is 124 cm³/mol. The van der Waals surface area contributed by atoms with Crippen molar-refractivity contribution < 1.29 is 9.59 Å². The minimum Gasteiger partial charge on any atom is -0.350 e. The largest absolute Gasteiger partial charge is 0.350 e. The number of unbranched alkanes of at least 4 members (excludes halogenated alkanes) is 2. The molecule has 0 saturated carbocycles. The molecule has 0 unspecified atom stereocenters. The molecule has 6 nitrogen and oxygen atoms in total. The molecule has 2 aromatic carbocycles. The normalized spacial score (nSPS) is 12.7. The molecule has 5 N–H and O–H groups in total. The standard InChI is InChI=1S/C25H35N4O2/c1-20(24(30)28-19-22-13-7-3-8-14-22)29-25(31)23(27-18-10-4-9-17-26)16-15-21-11-5-2-6-12-21/h2,5-8,11-14,20,23,27H,4,9-10,15-19,26H2,1H3,(H,28,30)(H,29,31)/t20-,23+/m0/s1. The molecular weight excluding hydrogens is 388 g/mol. The molecule has 31 heavy (non-hydrogen) atoms. The predicted octanol–water partition coefficient (Wildman–Crippen LogP) is 2.33. The summed E-state index contributed by atoms with van der Waals surface area (Å²) in [6.45, 7) is 3.57. The fourth-order valence-corrected chi connectivity index (χ4v) is 3.27. The Kier molecular flexibility index (Phi) is 11.4. The zero-order valence-electron chi connectivity index (χ0n) is 18.4. The first-order chi connectivity index (χ1) is 15.1. The minimum absolute atomic E-state index is 0.147. The fraction of sp³-hybridized carbons (Fsp3) is 0.440. The van der Waals surface area contributed by atoms with Crippen LogP contribution in [0.25, 0.3) is 0 Å². The van der Waals surface area contributed by atoms with Crippen LogP contribution >= 0.6 is 0 Å². The van der Waals surface area contributed by atoms with Crippen LogP contribution < -0.4 is 21.7 Å². The van der Waals surface area contributed by atoms with Crippen molar-refractivity contribution in [2.45, 2.75) is 57.7 Å². The lowest BCUT2D eigenvalue weighted by Crippen LogP contribution is -2.51. The number of rotatable bonds is 14.